The summed E-state index contributed by atoms with van der Waals surface area (Å²) >= 11 is 0. The molecule has 0 bridgehead atoms. The summed E-state index contributed by atoms with van der Waals surface area (Å²) in [7, 11) is 0. The molecule has 124 valence electrons. The molecule has 0 atom stereocenters. The lowest BCUT2D eigenvalue weighted by Crippen LogP contribution is -2.31. The Kier molecular flexibility index (Phi) is 5.04. The van der Waals surface area contributed by atoms with Crippen LogP contribution in [0.3, 0.4) is 0 Å². The Morgan fingerprint density at radius 1 is 1.21 bits per heavy atom. The van der Waals surface area contributed by atoms with Gasteiger partial charge in [-0.3, -0.25) is 9.59 Å². The molecule has 0 saturated heterocycles. The normalized spacial score (nSPS) is 10.9. The van der Waals surface area contributed by atoms with Gasteiger partial charge in [0.2, 0.25) is 5.91 Å². The molecule has 2 aromatic rings. The summed E-state index contributed by atoms with van der Waals surface area (Å²) in [4.78, 5) is 23.7. The lowest BCUT2D eigenvalue weighted by Gasteiger charge is -2.10. The molecule has 0 radical (unpaired) electrons. The van der Waals surface area contributed by atoms with Crippen molar-refractivity contribution in [2.75, 3.05) is 5.32 Å². The summed E-state index contributed by atoms with van der Waals surface area (Å²) < 4.78 is 38.7. The van der Waals surface area contributed by atoms with Gasteiger partial charge in [-0.2, -0.15) is 18.4 Å². The average Bonchev–Trinajstić information content (AvgIpc) is 2.50. The van der Waals surface area contributed by atoms with Crippen molar-refractivity contribution in [2.24, 2.45) is 0 Å². The monoisotopic (exact) mass is 335 g/mol. The molecule has 1 aromatic carbocycles. The summed E-state index contributed by atoms with van der Waals surface area (Å²) in [6.45, 7) is -0.539. The number of nitrogens with one attached hydrogen (secondary N) is 1. The van der Waals surface area contributed by atoms with Crippen LogP contribution < -0.4 is 10.9 Å². The van der Waals surface area contributed by atoms with Crippen LogP contribution in [0.5, 0.6) is 0 Å². The van der Waals surface area contributed by atoms with Crippen molar-refractivity contribution in [3.05, 3.63) is 64.1 Å². The number of anilines is 1. The molecule has 0 spiro atoms. The highest BCUT2D eigenvalue weighted by Crippen LogP contribution is 2.25. The maximum absolute atomic E-state index is 12.7. The van der Waals surface area contributed by atoms with Crippen LogP contribution in [0.1, 0.15) is 11.1 Å². The molecular formula is C16H12F3N3O2. The van der Waals surface area contributed by atoms with Gasteiger partial charge < -0.3 is 9.88 Å². The van der Waals surface area contributed by atoms with Crippen LogP contribution in [-0.4, -0.2) is 10.5 Å². The second-order valence-corrected chi connectivity index (χ2v) is 4.93. The number of nitriles is 1. The SMILES string of the molecule is N#CCc1ccc(NC(=O)Cn2cccc(C(F)(F)F)c2=O)cc1. The average molecular weight is 335 g/mol. The lowest BCUT2D eigenvalue weighted by molar-refractivity contribution is -0.139. The number of amides is 1. The van der Waals surface area contributed by atoms with Crippen molar-refractivity contribution in [1.82, 2.24) is 4.57 Å². The number of aromatic nitrogens is 1. The molecule has 2 rings (SSSR count). The van der Waals surface area contributed by atoms with E-state index in [2.05, 4.69) is 5.32 Å². The molecule has 1 N–H and O–H groups in total. The van der Waals surface area contributed by atoms with Gasteiger partial charge in [-0.15, -0.1) is 0 Å². The first-order valence-electron chi connectivity index (χ1n) is 6.83. The molecular weight excluding hydrogens is 323 g/mol. The first-order chi connectivity index (χ1) is 11.3. The second-order valence-electron chi connectivity index (χ2n) is 4.93. The Morgan fingerprint density at radius 3 is 2.46 bits per heavy atom. The van der Waals surface area contributed by atoms with Gasteiger partial charge in [0.15, 0.2) is 0 Å². The predicted octanol–water partition coefficient (Wildman–Crippen LogP) is 2.57. The van der Waals surface area contributed by atoms with E-state index in [9.17, 15) is 22.8 Å². The highest BCUT2D eigenvalue weighted by Gasteiger charge is 2.34. The molecule has 8 heteroatoms. The second kappa shape index (κ2) is 7.00. The molecule has 1 heterocycles. The predicted molar refractivity (Wildman–Crippen MR) is 80.1 cm³/mol. The number of carbonyl (C=O) groups is 1. The number of hydrogen-bond donors (Lipinski definition) is 1. The minimum absolute atomic E-state index is 0.230. The van der Waals surface area contributed by atoms with Crippen molar-refractivity contribution in [3.63, 3.8) is 0 Å². The molecule has 5 nitrogen and oxygen atoms in total. The van der Waals surface area contributed by atoms with Gasteiger partial charge in [-0.25, -0.2) is 0 Å². The van der Waals surface area contributed by atoms with Gasteiger partial charge in [0, 0.05) is 11.9 Å². The zero-order valence-electron chi connectivity index (χ0n) is 12.3. The van der Waals surface area contributed by atoms with Crippen molar-refractivity contribution >= 4 is 11.6 Å². The number of halogens is 3. The first-order valence-corrected chi connectivity index (χ1v) is 6.83. The van der Waals surface area contributed by atoms with E-state index in [-0.39, 0.29) is 6.42 Å². The molecule has 24 heavy (non-hydrogen) atoms. The van der Waals surface area contributed by atoms with Crippen LogP contribution in [0.15, 0.2) is 47.4 Å². The smallest absolute Gasteiger partial charge is 0.325 e. The van der Waals surface area contributed by atoms with Crippen LogP contribution in [-0.2, 0) is 23.9 Å². The summed E-state index contributed by atoms with van der Waals surface area (Å²) in [6, 6.07) is 10.2. The molecule has 0 saturated carbocycles. The largest absolute Gasteiger partial charge is 0.421 e. The Morgan fingerprint density at radius 2 is 1.88 bits per heavy atom. The van der Waals surface area contributed by atoms with Gasteiger partial charge in [-0.05, 0) is 29.8 Å². The van der Waals surface area contributed by atoms with E-state index in [1.807, 2.05) is 6.07 Å². The van der Waals surface area contributed by atoms with Crippen LogP contribution >= 0.6 is 0 Å². The van der Waals surface area contributed by atoms with E-state index in [1.165, 1.54) is 0 Å². The van der Waals surface area contributed by atoms with Crippen LogP contribution in [0, 0.1) is 11.3 Å². The minimum Gasteiger partial charge on any atom is -0.325 e. The molecule has 0 aliphatic heterocycles. The zero-order chi connectivity index (χ0) is 17.7. The fraction of sp³-hybridized carbons (Fsp3) is 0.188. The van der Waals surface area contributed by atoms with E-state index in [0.29, 0.717) is 16.3 Å². The van der Waals surface area contributed by atoms with E-state index in [1.54, 1.807) is 24.3 Å². The van der Waals surface area contributed by atoms with Crippen LogP contribution in [0.2, 0.25) is 0 Å². The molecule has 1 amide bonds. The van der Waals surface area contributed by atoms with Crippen molar-refractivity contribution in [1.29, 1.82) is 5.26 Å². The zero-order valence-corrected chi connectivity index (χ0v) is 12.3. The quantitative estimate of drug-likeness (QED) is 0.933. The number of benzene rings is 1. The lowest BCUT2D eigenvalue weighted by atomic mass is 10.1. The van der Waals surface area contributed by atoms with E-state index >= 15 is 0 Å². The fourth-order valence-electron chi connectivity index (χ4n) is 2.03. The van der Waals surface area contributed by atoms with Gasteiger partial charge in [0.05, 0.1) is 12.5 Å². The first kappa shape index (κ1) is 17.3. The maximum Gasteiger partial charge on any atom is 0.421 e. The summed E-state index contributed by atoms with van der Waals surface area (Å²) in [5.41, 5.74) is -1.41. The minimum atomic E-state index is -4.77. The Hall–Kier alpha value is -3.08. The van der Waals surface area contributed by atoms with Crippen molar-refractivity contribution < 1.29 is 18.0 Å². The van der Waals surface area contributed by atoms with E-state index < -0.39 is 29.8 Å². The Bertz CT molecular complexity index is 833. The molecule has 0 unspecified atom stereocenters. The topological polar surface area (TPSA) is 74.9 Å². The van der Waals surface area contributed by atoms with Gasteiger partial charge in [-0.1, -0.05) is 12.1 Å². The summed E-state index contributed by atoms with van der Waals surface area (Å²) in [5.74, 6) is -0.635. The number of hydrogen-bond acceptors (Lipinski definition) is 3. The van der Waals surface area contributed by atoms with Gasteiger partial charge in [0.1, 0.15) is 12.1 Å². The third-order valence-electron chi connectivity index (χ3n) is 3.16. The van der Waals surface area contributed by atoms with Crippen molar-refractivity contribution in [3.8, 4) is 6.07 Å². The molecule has 0 aliphatic rings. The van der Waals surface area contributed by atoms with E-state index in [4.69, 9.17) is 5.26 Å². The summed E-state index contributed by atoms with van der Waals surface area (Å²) in [6.07, 6.45) is -3.42. The number of alkyl halides is 3. The number of rotatable bonds is 4. The highest BCUT2D eigenvalue weighted by molar-refractivity contribution is 5.90. The summed E-state index contributed by atoms with van der Waals surface area (Å²) in [5, 5.41) is 11.1. The number of carbonyl (C=O) groups excluding carboxylic acids is 1. The fourth-order valence-corrected chi connectivity index (χ4v) is 2.03. The number of nitrogens with zero attached hydrogens (tertiary/aromatic N) is 2. The third kappa shape index (κ3) is 4.23. The molecule has 0 aliphatic carbocycles. The Labute approximate surface area is 135 Å². The Balaban J connectivity index is 2.10. The maximum atomic E-state index is 12.7. The number of pyridine rings is 1. The molecule has 1 aromatic heterocycles. The van der Waals surface area contributed by atoms with Crippen molar-refractivity contribution in [2.45, 2.75) is 19.1 Å². The van der Waals surface area contributed by atoms with Crippen LogP contribution in [0.4, 0.5) is 18.9 Å². The molecule has 0 fully saturated rings. The van der Waals surface area contributed by atoms with Gasteiger partial charge in [0.25, 0.3) is 5.56 Å². The van der Waals surface area contributed by atoms with Crippen LogP contribution in [0.25, 0.3) is 0 Å². The highest BCUT2D eigenvalue weighted by atomic mass is 19.4. The van der Waals surface area contributed by atoms with Gasteiger partial charge >= 0.3 is 6.18 Å². The van der Waals surface area contributed by atoms with E-state index in [0.717, 1.165) is 17.8 Å². The standard InChI is InChI=1S/C16H12F3N3O2/c17-16(18,19)13-2-1-9-22(15(13)24)10-14(23)21-12-5-3-11(4-6-12)7-8-20/h1-6,9H,7,10H2,(H,21,23). The third-order valence-corrected chi connectivity index (χ3v) is 3.16.